The van der Waals surface area contributed by atoms with Gasteiger partial charge in [-0.05, 0) is 18.2 Å². The largest absolute Gasteiger partial charge is 0.349 e. The van der Waals surface area contributed by atoms with Crippen LogP contribution in [-0.4, -0.2) is 4.90 Å². The Bertz CT molecular complexity index is 558. The highest BCUT2D eigenvalue weighted by atomic mass is 15.1. The smallest absolute Gasteiger partial charge is 0.0965 e. The lowest BCUT2D eigenvalue weighted by Gasteiger charge is -2.15. The molecule has 1 aliphatic heterocycles. The average Bonchev–Trinajstić information content (AvgIpc) is 2.63. The van der Waals surface area contributed by atoms with Crippen LogP contribution in [0.3, 0.4) is 0 Å². The van der Waals surface area contributed by atoms with E-state index in [4.69, 9.17) is 5.26 Å². The summed E-state index contributed by atoms with van der Waals surface area (Å²) in [5.74, 6) is 0.0204. The molecule has 0 fully saturated rings. The first-order valence-corrected chi connectivity index (χ1v) is 6.28. The molecule has 19 heavy (non-hydrogen) atoms. The number of nitrogens with zero attached hydrogens (tertiary/aromatic N) is 3. The van der Waals surface area contributed by atoms with Gasteiger partial charge in [-0.15, -0.1) is 0 Å². The molecular formula is C16H15N3. The van der Waals surface area contributed by atoms with Gasteiger partial charge in [0.25, 0.3) is 0 Å². The second kappa shape index (κ2) is 6.42. The summed E-state index contributed by atoms with van der Waals surface area (Å²) >= 11 is 0. The minimum atomic E-state index is 0.0204. The van der Waals surface area contributed by atoms with Crippen LogP contribution >= 0.6 is 0 Å². The van der Waals surface area contributed by atoms with Crippen molar-refractivity contribution in [1.82, 2.24) is 4.90 Å². The standard InChI is InChI=1S/C16H15N3/c17-9-8-15-7-4-10-19(13-16(15)11-18)12-14-5-2-1-3-6-14/h1-6,10,13,15H,7-8,12H2/t15-/m0/s1. The number of rotatable bonds is 3. The first-order chi connectivity index (χ1) is 9.33. The predicted octanol–water partition coefficient (Wildman–Crippen LogP) is 3.34. The van der Waals surface area contributed by atoms with Crippen LogP contribution in [-0.2, 0) is 6.54 Å². The van der Waals surface area contributed by atoms with Crippen LogP contribution in [0, 0.1) is 28.6 Å². The van der Waals surface area contributed by atoms with Crippen molar-refractivity contribution in [2.45, 2.75) is 19.4 Å². The maximum Gasteiger partial charge on any atom is 0.0965 e. The molecule has 1 aromatic carbocycles. The maximum absolute atomic E-state index is 9.21. The van der Waals surface area contributed by atoms with Crippen molar-refractivity contribution in [3.8, 4) is 12.1 Å². The Morgan fingerprint density at radius 2 is 2.00 bits per heavy atom. The molecule has 1 aliphatic rings. The molecule has 94 valence electrons. The monoisotopic (exact) mass is 249 g/mol. The molecule has 0 radical (unpaired) electrons. The molecule has 0 aliphatic carbocycles. The highest BCUT2D eigenvalue weighted by Gasteiger charge is 2.16. The second-order valence-electron chi connectivity index (χ2n) is 4.53. The van der Waals surface area contributed by atoms with Gasteiger partial charge in [0.15, 0.2) is 0 Å². The van der Waals surface area contributed by atoms with E-state index >= 15 is 0 Å². The number of hydrogen-bond acceptors (Lipinski definition) is 3. The van der Waals surface area contributed by atoms with Crippen LogP contribution < -0.4 is 0 Å². The van der Waals surface area contributed by atoms with E-state index in [0.717, 1.165) is 13.0 Å². The van der Waals surface area contributed by atoms with E-state index in [1.807, 2.05) is 41.6 Å². The quantitative estimate of drug-likeness (QED) is 0.825. The molecule has 0 spiro atoms. The predicted molar refractivity (Wildman–Crippen MR) is 73.2 cm³/mol. The molecule has 0 amide bonds. The Labute approximate surface area is 113 Å². The van der Waals surface area contributed by atoms with Crippen molar-refractivity contribution in [2.75, 3.05) is 0 Å². The summed E-state index contributed by atoms with van der Waals surface area (Å²) in [6.07, 6.45) is 7.02. The van der Waals surface area contributed by atoms with Crippen molar-refractivity contribution in [1.29, 1.82) is 10.5 Å². The third-order valence-corrected chi connectivity index (χ3v) is 3.14. The molecule has 0 saturated carbocycles. The van der Waals surface area contributed by atoms with E-state index in [-0.39, 0.29) is 5.92 Å². The zero-order chi connectivity index (χ0) is 13.5. The molecule has 0 bridgehead atoms. The molecular weight excluding hydrogens is 234 g/mol. The maximum atomic E-state index is 9.21. The third kappa shape index (κ3) is 3.47. The van der Waals surface area contributed by atoms with Crippen LogP contribution in [0.1, 0.15) is 18.4 Å². The lowest BCUT2D eigenvalue weighted by atomic mass is 9.95. The minimum Gasteiger partial charge on any atom is -0.349 e. The Hall–Kier alpha value is -2.52. The van der Waals surface area contributed by atoms with E-state index < -0.39 is 0 Å². The Morgan fingerprint density at radius 3 is 2.68 bits per heavy atom. The highest BCUT2D eigenvalue weighted by molar-refractivity contribution is 5.28. The number of hydrogen-bond donors (Lipinski definition) is 0. The van der Waals surface area contributed by atoms with Crippen LogP contribution in [0.2, 0.25) is 0 Å². The van der Waals surface area contributed by atoms with Crippen molar-refractivity contribution in [3.05, 3.63) is 59.9 Å². The number of benzene rings is 1. The molecule has 1 heterocycles. The lowest BCUT2D eigenvalue weighted by Crippen LogP contribution is -2.10. The van der Waals surface area contributed by atoms with Crippen molar-refractivity contribution < 1.29 is 0 Å². The molecule has 1 aromatic rings. The topological polar surface area (TPSA) is 50.8 Å². The van der Waals surface area contributed by atoms with Gasteiger partial charge in [0.1, 0.15) is 0 Å². The second-order valence-corrected chi connectivity index (χ2v) is 4.53. The number of nitriles is 2. The van der Waals surface area contributed by atoms with Gasteiger partial charge in [-0.25, -0.2) is 0 Å². The van der Waals surface area contributed by atoms with Crippen molar-refractivity contribution >= 4 is 0 Å². The normalized spacial score (nSPS) is 18.1. The Morgan fingerprint density at radius 1 is 1.21 bits per heavy atom. The fraction of sp³-hybridized carbons (Fsp3) is 0.250. The fourth-order valence-corrected chi connectivity index (χ4v) is 2.13. The van der Waals surface area contributed by atoms with Crippen LogP contribution in [0.25, 0.3) is 0 Å². The van der Waals surface area contributed by atoms with E-state index in [0.29, 0.717) is 12.0 Å². The van der Waals surface area contributed by atoms with E-state index in [9.17, 15) is 5.26 Å². The zero-order valence-corrected chi connectivity index (χ0v) is 10.7. The van der Waals surface area contributed by atoms with Gasteiger partial charge in [0, 0.05) is 25.1 Å². The first-order valence-electron chi connectivity index (χ1n) is 6.28. The van der Waals surface area contributed by atoms with Gasteiger partial charge < -0.3 is 4.90 Å². The molecule has 3 nitrogen and oxygen atoms in total. The van der Waals surface area contributed by atoms with Crippen molar-refractivity contribution in [3.63, 3.8) is 0 Å². The van der Waals surface area contributed by atoms with Gasteiger partial charge in [0.05, 0.1) is 17.7 Å². The Balaban J connectivity index is 2.16. The summed E-state index contributed by atoms with van der Waals surface area (Å²) in [6, 6.07) is 14.5. The molecule has 0 aromatic heterocycles. The Kier molecular flexibility index (Phi) is 4.37. The molecule has 0 N–H and O–H groups in total. The molecule has 0 unspecified atom stereocenters. The summed E-state index contributed by atoms with van der Waals surface area (Å²) in [5, 5.41) is 18.0. The zero-order valence-electron chi connectivity index (χ0n) is 10.7. The van der Waals surface area contributed by atoms with Gasteiger partial charge in [-0.3, -0.25) is 0 Å². The summed E-state index contributed by atoms with van der Waals surface area (Å²) in [7, 11) is 0. The minimum absolute atomic E-state index is 0.0204. The molecule has 0 saturated heterocycles. The van der Waals surface area contributed by atoms with Gasteiger partial charge in [-0.2, -0.15) is 10.5 Å². The molecule has 1 atom stereocenters. The van der Waals surface area contributed by atoms with Crippen LogP contribution in [0.4, 0.5) is 0 Å². The summed E-state index contributed by atoms with van der Waals surface area (Å²) in [6.45, 7) is 0.738. The lowest BCUT2D eigenvalue weighted by molar-refractivity contribution is 0.498. The first kappa shape index (κ1) is 12.9. The third-order valence-electron chi connectivity index (χ3n) is 3.14. The van der Waals surface area contributed by atoms with Crippen LogP contribution in [0.15, 0.2) is 54.4 Å². The van der Waals surface area contributed by atoms with E-state index in [2.05, 4.69) is 24.3 Å². The van der Waals surface area contributed by atoms with Gasteiger partial charge >= 0.3 is 0 Å². The SMILES string of the molecule is N#CC[C@@H]1CC=CN(Cc2ccccc2)C=C1C#N. The molecule has 2 rings (SSSR count). The fourth-order valence-electron chi connectivity index (χ4n) is 2.13. The van der Waals surface area contributed by atoms with E-state index in [1.165, 1.54) is 5.56 Å². The molecule has 3 heteroatoms. The van der Waals surface area contributed by atoms with E-state index in [1.54, 1.807) is 0 Å². The van der Waals surface area contributed by atoms with Gasteiger partial charge in [0.2, 0.25) is 0 Å². The summed E-state index contributed by atoms with van der Waals surface area (Å²) in [5.41, 5.74) is 1.88. The van der Waals surface area contributed by atoms with Gasteiger partial charge in [-0.1, -0.05) is 36.4 Å². The summed E-state index contributed by atoms with van der Waals surface area (Å²) < 4.78 is 0. The van der Waals surface area contributed by atoms with Crippen molar-refractivity contribution in [2.24, 2.45) is 5.92 Å². The highest BCUT2D eigenvalue weighted by Crippen LogP contribution is 2.23. The van der Waals surface area contributed by atoms with Crippen LogP contribution in [0.5, 0.6) is 0 Å². The summed E-state index contributed by atoms with van der Waals surface area (Å²) in [4.78, 5) is 2.01. The average molecular weight is 249 g/mol. The number of allylic oxidation sites excluding steroid dienone is 2.